The number of hydrogen-bond acceptors (Lipinski definition) is 1. The zero-order valence-corrected chi connectivity index (χ0v) is 20.2. The molecule has 0 unspecified atom stereocenters. The average Bonchev–Trinajstić information content (AvgIpc) is 2.80. The van der Waals surface area contributed by atoms with E-state index in [0.717, 1.165) is 6.42 Å². The van der Waals surface area contributed by atoms with Gasteiger partial charge in [0.25, 0.3) is 0 Å². The fourth-order valence-corrected chi connectivity index (χ4v) is 6.68. The Balaban J connectivity index is 1.75. The number of hydrogen-bond donors (Lipinski definition) is 0. The van der Waals surface area contributed by atoms with Gasteiger partial charge in [-0.25, -0.2) is 11.1 Å². The van der Waals surface area contributed by atoms with Gasteiger partial charge in [-0.2, -0.15) is 0 Å². The highest BCUT2D eigenvalue weighted by molar-refractivity contribution is 7.99. The maximum Gasteiger partial charge on any atom is 0.231 e. The normalized spacial score (nSPS) is 12.8. The summed E-state index contributed by atoms with van der Waals surface area (Å²) in [7, 11) is 2.16. The Labute approximate surface area is 198 Å². The van der Waals surface area contributed by atoms with E-state index >= 15 is 0 Å². The molecule has 2 heterocycles. The summed E-state index contributed by atoms with van der Waals surface area (Å²) in [5.74, 6) is 0. The highest BCUT2D eigenvalue weighted by Gasteiger charge is 2.31. The third kappa shape index (κ3) is 2.98. The molecule has 0 N–H and O–H groups in total. The highest BCUT2D eigenvalue weighted by Crippen LogP contribution is 2.51. The summed E-state index contributed by atoms with van der Waals surface area (Å²) < 4.78 is 2.28. The van der Waals surface area contributed by atoms with E-state index in [2.05, 4.69) is 90.2 Å². The summed E-state index contributed by atoms with van der Waals surface area (Å²) in [4.78, 5) is 6.53. The lowest BCUT2D eigenvalue weighted by Crippen LogP contribution is -2.31. The van der Waals surface area contributed by atoms with Crippen molar-refractivity contribution in [2.45, 2.75) is 42.5 Å². The molecule has 0 aliphatic carbocycles. The molecule has 0 saturated heterocycles. The van der Waals surface area contributed by atoms with Gasteiger partial charge in [-0.05, 0) is 51.7 Å². The van der Waals surface area contributed by atoms with Crippen molar-refractivity contribution in [2.24, 2.45) is 7.05 Å². The van der Waals surface area contributed by atoms with Gasteiger partial charge in [-0.3, -0.25) is 0 Å². The second-order valence-electron chi connectivity index (χ2n) is 9.75. The zero-order chi connectivity index (χ0) is 22.9. The van der Waals surface area contributed by atoms with E-state index in [9.17, 15) is 0 Å². The lowest BCUT2D eigenvalue weighted by molar-refractivity contribution is -0.659. The predicted molar refractivity (Wildman–Crippen MR) is 139 cm³/mol. The Morgan fingerprint density at radius 1 is 0.909 bits per heavy atom. The standard InChI is InChI=1S/C30H25N2S/c1-18-22-12-7-6-9-19(22)15-24-26(18)29-28-23(13-14-32(29)5)27-20(16-25(28)33-24)10-8-11-21(27)17-30(2,3)31-4/h6-16H,17H2,1-3,5H3/q+1. The van der Waals surface area contributed by atoms with E-state index in [1.165, 1.54) is 64.5 Å². The van der Waals surface area contributed by atoms with Crippen molar-refractivity contribution in [3.63, 3.8) is 0 Å². The molecule has 0 radical (unpaired) electrons. The van der Waals surface area contributed by atoms with Crippen molar-refractivity contribution in [1.82, 2.24) is 0 Å². The second-order valence-corrected chi connectivity index (χ2v) is 10.8. The molecule has 0 bridgehead atoms. The second kappa shape index (κ2) is 7.07. The number of fused-ring (bicyclic) bond motifs is 5. The van der Waals surface area contributed by atoms with E-state index in [1.54, 1.807) is 0 Å². The van der Waals surface area contributed by atoms with Gasteiger partial charge in [-0.15, -0.1) is 0 Å². The summed E-state index contributed by atoms with van der Waals surface area (Å²) in [5.41, 5.74) is 4.81. The van der Waals surface area contributed by atoms with Gasteiger partial charge in [0.1, 0.15) is 7.05 Å². The molecule has 2 nitrogen and oxygen atoms in total. The smallest absolute Gasteiger partial charge is 0.231 e. The fraction of sp³-hybridized carbons (Fsp3) is 0.200. The Morgan fingerprint density at radius 2 is 1.67 bits per heavy atom. The minimum atomic E-state index is -0.421. The van der Waals surface area contributed by atoms with Crippen LogP contribution in [0.4, 0.5) is 0 Å². The van der Waals surface area contributed by atoms with Gasteiger partial charge in [0.2, 0.25) is 11.2 Å². The molecule has 3 heteroatoms. The molecule has 0 atom stereocenters. The van der Waals surface area contributed by atoms with Crippen LogP contribution in [0.2, 0.25) is 0 Å². The van der Waals surface area contributed by atoms with E-state index < -0.39 is 5.54 Å². The zero-order valence-electron chi connectivity index (χ0n) is 19.4. The maximum atomic E-state index is 7.65. The van der Waals surface area contributed by atoms with Crippen molar-refractivity contribution in [3.05, 3.63) is 89.4 Å². The lowest BCUT2D eigenvalue weighted by Gasteiger charge is -2.23. The van der Waals surface area contributed by atoms with Gasteiger partial charge < -0.3 is 4.85 Å². The van der Waals surface area contributed by atoms with Crippen LogP contribution in [0.5, 0.6) is 0 Å². The summed E-state index contributed by atoms with van der Waals surface area (Å²) in [5, 5.41) is 7.78. The van der Waals surface area contributed by atoms with Crippen LogP contribution in [0.25, 0.3) is 48.4 Å². The highest BCUT2D eigenvalue weighted by atomic mass is 32.2. The Bertz CT molecular complexity index is 1670. The summed E-state index contributed by atoms with van der Waals surface area (Å²) >= 11 is 1.89. The van der Waals surface area contributed by atoms with Crippen LogP contribution in [-0.2, 0) is 13.5 Å². The van der Waals surface area contributed by atoms with Crippen molar-refractivity contribution in [3.8, 4) is 11.3 Å². The number of nitrogens with zero attached hydrogens (tertiary/aromatic N) is 2. The molecule has 0 saturated carbocycles. The topological polar surface area (TPSA) is 8.24 Å². The van der Waals surface area contributed by atoms with Crippen molar-refractivity contribution in [2.75, 3.05) is 0 Å². The maximum absolute atomic E-state index is 7.65. The van der Waals surface area contributed by atoms with Crippen molar-refractivity contribution >= 4 is 44.1 Å². The SMILES string of the molecule is [C-]#[N+]C(C)(C)Cc1cccc2cc3c4c([n+](C)ccc4c12)-c1c(cc2ccccc2c1C)S3. The molecular weight excluding hydrogens is 420 g/mol. The van der Waals surface area contributed by atoms with Crippen molar-refractivity contribution < 1.29 is 4.57 Å². The number of aryl methyl sites for hydroxylation is 2. The first kappa shape index (κ1) is 20.3. The Kier molecular flexibility index (Phi) is 4.34. The van der Waals surface area contributed by atoms with Crippen LogP contribution < -0.4 is 4.57 Å². The van der Waals surface area contributed by atoms with Crippen LogP contribution in [-0.4, -0.2) is 5.54 Å². The van der Waals surface area contributed by atoms with E-state index in [0.29, 0.717) is 0 Å². The average molecular weight is 446 g/mol. The molecule has 6 rings (SSSR count). The fourth-order valence-electron chi connectivity index (χ4n) is 5.41. The predicted octanol–water partition coefficient (Wildman–Crippen LogP) is 7.65. The molecule has 33 heavy (non-hydrogen) atoms. The van der Waals surface area contributed by atoms with Crippen LogP contribution >= 0.6 is 11.8 Å². The number of rotatable bonds is 2. The van der Waals surface area contributed by atoms with Crippen LogP contribution in [0.1, 0.15) is 25.0 Å². The summed E-state index contributed by atoms with van der Waals surface area (Å²) in [6.07, 6.45) is 2.94. The van der Waals surface area contributed by atoms with Gasteiger partial charge >= 0.3 is 0 Å². The molecule has 0 spiro atoms. The monoisotopic (exact) mass is 445 g/mol. The van der Waals surface area contributed by atoms with Gasteiger partial charge in [0.05, 0.1) is 17.4 Å². The third-order valence-electron chi connectivity index (χ3n) is 6.96. The molecule has 1 aliphatic rings. The summed E-state index contributed by atoms with van der Waals surface area (Å²) in [6.45, 7) is 14.0. The quantitative estimate of drug-likeness (QED) is 0.151. The van der Waals surface area contributed by atoms with Crippen LogP contribution in [0, 0.1) is 13.5 Å². The first-order chi connectivity index (χ1) is 15.9. The molecule has 1 aromatic heterocycles. The van der Waals surface area contributed by atoms with Gasteiger partial charge in [0.15, 0.2) is 6.20 Å². The summed E-state index contributed by atoms with van der Waals surface area (Å²) in [6, 6.07) is 22.2. The minimum Gasteiger partial charge on any atom is -0.311 e. The molecule has 1 aliphatic heterocycles. The van der Waals surface area contributed by atoms with E-state index in [1.807, 2.05) is 25.6 Å². The largest absolute Gasteiger partial charge is 0.311 e. The first-order valence-corrected chi connectivity index (χ1v) is 12.2. The molecule has 5 aromatic rings. The Morgan fingerprint density at radius 3 is 2.48 bits per heavy atom. The van der Waals surface area contributed by atoms with Gasteiger partial charge in [-0.1, -0.05) is 54.2 Å². The third-order valence-corrected chi connectivity index (χ3v) is 8.05. The molecule has 0 fully saturated rings. The lowest BCUT2D eigenvalue weighted by atomic mass is 9.88. The van der Waals surface area contributed by atoms with Crippen LogP contribution in [0.15, 0.2) is 76.7 Å². The number of benzene rings is 4. The Hall–Kier alpha value is -3.35. The van der Waals surface area contributed by atoms with Crippen LogP contribution in [0.3, 0.4) is 0 Å². The number of pyridine rings is 1. The first-order valence-electron chi connectivity index (χ1n) is 11.3. The molecule has 4 aromatic carbocycles. The molecule has 160 valence electrons. The van der Waals surface area contributed by atoms with E-state index in [-0.39, 0.29) is 0 Å². The molecular formula is C30H25N2S+. The number of aromatic nitrogens is 1. The molecule has 0 amide bonds. The minimum absolute atomic E-state index is 0.421. The van der Waals surface area contributed by atoms with Crippen molar-refractivity contribution in [1.29, 1.82) is 0 Å². The van der Waals surface area contributed by atoms with Gasteiger partial charge in [0, 0.05) is 35.1 Å². The van der Waals surface area contributed by atoms with E-state index in [4.69, 9.17) is 6.57 Å².